The highest BCUT2D eigenvalue weighted by Crippen LogP contribution is 2.35. The third kappa shape index (κ3) is 7.00. The van der Waals surface area contributed by atoms with Crippen LogP contribution in [-0.2, 0) is 6.54 Å². The number of nitro benzene ring substituents is 1. The van der Waals surface area contributed by atoms with Crippen molar-refractivity contribution >= 4 is 34.4 Å². The van der Waals surface area contributed by atoms with Crippen LogP contribution in [0.15, 0.2) is 77.0 Å². The number of nitrogens with zero attached hydrogens (tertiary/aromatic N) is 5. The second-order valence-corrected chi connectivity index (χ2v) is 9.28. The highest BCUT2D eigenvalue weighted by atomic mass is 35.5. The van der Waals surface area contributed by atoms with E-state index in [1.165, 1.54) is 23.8 Å². The summed E-state index contributed by atoms with van der Waals surface area (Å²) in [7, 11) is 8.11. The van der Waals surface area contributed by atoms with Crippen molar-refractivity contribution in [3.05, 3.63) is 87.4 Å². The first-order valence-corrected chi connectivity index (χ1v) is 11.2. The number of hydrogen-bond donors (Lipinski definition) is 0. The van der Waals surface area contributed by atoms with Gasteiger partial charge in [-0.15, -0.1) is 10.2 Å². The van der Waals surface area contributed by atoms with Gasteiger partial charge in [-0.3, -0.25) is 10.1 Å². The molecule has 0 bridgehead atoms. The van der Waals surface area contributed by atoms with E-state index in [4.69, 9.17) is 16.3 Å². The van der Waals surface area contributed by atoms with Gasteiger partial charge in [0.1, 0.15) is 17.1 Å². The summed E-state index contributed by atoms with van der Waals surface area (Å²) in [5, 5.41) is 19.5. The molecule has 3 aromatic rings. The zero-order valence-corrected chi connectivity index (χ0v) is 20.6. The monoisotopic (exact) mass is 482 g/mol. The summed E-state index contributed by atoms with van der Waals surface area (Å²) in [5.41, 5.74) is 3.01. The molecule has 0 aliphatic heterocycles. The molecule has 9 heteroatoms. The number of ether oxygens (including phenoxy) is 1. The van der Waals surface area contributed by atoms with E-state index in [2.05, 4.69) is 48.4 Å². The Morgan fingerprint density at radius 2 is 1.68 bits per heavy atom. The van der Waals surface area contributed by atoms with Gasteiger partial charge in [-0.2, -0.15) is 0 Å². The van der Waals surface area contributed by atoms with Gasteiger partial charge in [0, 0.05) is 30.4 Å². The van der Waals surface area contributed by atoms with Crippen LogP contribution in [0.25, 0.3) is 0 Å². The summed E-state index contributed by atoms with van der Waals surface area (Å²) < 4.78 is 6.45. The molecule has 34 heavy (non-hydrogen) atoms. The molecule has 0 N–H and O–H groups in total. The summed E-state index contributed by atoms with van der Waals surface area (Å²) in [5.74, 6) is 0.572. The molecular weight excluding hydrogens is 454 g/mol. The number of benzene rings is 3. The number of nitro groups is 1. The van der Waals surface area contributed by atoms with Crippen molar-refractivity contribution in [3.63, 3.8) is 0 Å². The number of anilines is 1. The second kappa shape index (κ2) is 11.1. The second-order valence-electron chi connectivity index (χ2n) is 8.87. The van der Waals surface area contributed by atoms with Gasteiger partial charge in [-0.25, -0.2) is 0 Å². The Balaban J connectivity index is 1.87. The minimum atomic E-state index is -0.506. The van der Waals surface area contributed by atoms with E-state index in [0.717, 1.165) is 29.8 Å². The van der Waals surface area contributed by atoms with Crippen molar-refractivity contribution < 1.29 is 14.1 Å². The lowest BCUT2D eigenvalue weighted by Gasteiger charge is -2.30. The van der Waals surface area contributed by atoms with Gasteiger partial charge in [0.25, 0.3) is 5.69 Å². The summed E-state index contributed by atoms with van der Waals surface area (Å²) in [6.07, 6.45) is 0. The van der Waals surface area contributed by atoms with Crippen LogP contribution >= 0.6 is 11.6 Å². The van der Waals surface area contributed by atoms with Crippen molar-refractivity contribution in [1.82, 2.24) is 0 Å². The highest BCUT2D eigenvalue weighted by molar-refractivity contribution is 6.33. The van der Waals surface area contributed by atoms with Crippen LogP contribution in [0.1, 0.15) is 5.56 Å². The molecule has 0 fully saturated rings. The SMILES string of the molecule is COc1cc(N(CC[N+](C)(C)C)Cc2ccccc2)ccc1N=Nc1ccc([N+](=O)[O-])cc1Cl. The van der Waals surface area contributed by atoms with Gasteiger partial charge in [0.2, 0.25) is 0 Å². The van der Waals surface area contributed by atoms with Crippen LogP contribution < -0.4 is 9.64 Å². The van der Waals surface area contributed by atoms with Crippen molar-refractivity contribution in [2.75, 3.05) is 46.2 Å². The molecule has 0 saturated heterocycles. The minimum Gasteiger partial charge on any atom is -0.494 e. The molecule has 0 saturated carbocycles. The Kier molecular flexibility index (Phi) is 8.20. The molecule has 0 aromatic heterocycles. The lowest BCUT2D eigenvalue weighted by molar-refractivity contribution is -0.868. The van der Waals surface area contributed by atoms with Crippen LogP contribution in [0.2, 0.25) is 5.02 Å². The third-order valence-corrected chi connectivity index (χ3v) is 5.50. The molecule has 8 nitrogen and oxygen atoms in total. The third-order valence-electron chi connectivity index (χ3n) is 5.19. The maximum atomic E-state index is 10.9. The number of methoxy groups -OCH3 is 1. The Bertz CT molecular complexity index is 1160. The van der Waals surface area contributed by atoms with Crippen LogP contribution in [-0.4, -0.2) is 50.7 Å². The van der Waals surface area contributed by atoms with Gasteiger partial charge in [0.15, 0.2) is 0 Å². The van der Waals surface area contributed by atoms with Gasteiger partial charge in [-0.05, 0) is 23.8 Å². The predicted octanol–water partition coefficient (Wildman–Crippen LogP) is 6.39. The van der Waals surface area contributed by atoms with E-state index in [0.29, 0.717) is 17.1 Å². The molecule has 0 heterocycles. The quantitative estimate of drug-likeness (QED) is 0.145. The number of rotatable bonds is 10. The highest BCUT2D eigenvalue weighted by Gasteiger charge is 2.16. The van der Waals surface area contributed by atoms with Gasteiger partial charge in [-0.1, -0.05) is 41.9 Å². The molecule has 3 rings (SSSR count). The lowest BCUT2D eigenvalue weighted by Crippen LogP contribution is -2.42. The Morgan fingerprint density at radius 1 is 1.00 bits per heavy atom. The number of hydrogen-bond acceptors (Lipinski definition) is 6. The zero-order valence-electron chi connectivity index (χ0n) is 19.8. The molecule has 178 valence electrons. The van der Waals surface area contributed by atoms with Crippen molar-refractivity contribution in [2.24, 2.45) is 10.2 Å². The van der Waals surface area contributed by atoms with Gasteiger partial charge < -0.3 is 14.1 Å². The number of azo groups is 1. The van der Waals surface area contributed by atoms with Crippen molar-refractivity contribution in [3.8, 4) is 5.75 Å². The predicted molar refractivity (Wildman–Crippen MR) is 136 cm³/mol. The van der Waals surface area contributed by atoms with E-state index in [9.17, 15) is 10.1 Å². The van der Waals surface area contributed by atoms with Crippen LogP contribution in [0.5, 0.6) is 5.75 Å². The lowest BCUT2D eigenvalue weighted by atomic mass is 10.1. The first-order valence-electron chi connectivity index (χ1n) is 10.8. The van der Waals surface area contributed by atoms with Gasteiger partial charge in [0.05, 0.1) is 51.3 Å². The number of non-ortho nitro benzene ring substituents is 1. The number of quaternary nitrogens is 1. The fourth-order valence-electron chi connectivity index (χ4n) is 3.27. The molecule has 0 atom stereocenters. The average Bonchev–Trinajstić information content (AvgIpc) is 2.81. The largest absolute Gasteiger partial charge is 0.494 e. The Morgan fingerprint density at radius 3 is 2.29 bits per heavy atom. The smallest absolute Gasteiger partial charge is 0.271 e. The molecule has 0 radical (unpaired) electrons. The zero-order chi connectivity index (χ0) is 24.7. The van der Waals surface area contributed by atoms with E-state index >= 15 is 0 Å². The molecule has 0 aliphatic carbocycles. The molecular formula is C25H29ClN5O3+. The summed E-state index contributed by atoms with van der Waals surface area (Å²) in [4.78, 5) is 12.7. The van der Waals surface area contributed by atoms with Crippen molar-refractivity contribution in [2.45, 2.75) is 6.54 Å². The Hall–Kier alpha value is -3.49. The summed E-state index contributed by atoms with van der Waals surface area (Å²) in [6.45, 7) is 2.60. The van der Waals surface area contributed by atoms with E-state index < -0.39 is 4.92 Å². The van der Waals surface area contributed by atoms with E-state index in [-0.39, 0.29) is 10.7 Å². The fourth-order valence-corrected chi connectivity index (χ4v) is 3.48. The molecule has 0 spiro atoms. The first kappa shape index (κ1) is 25.1. The fraction of sp³-hybridized carbons (Fsp3) is 0.280. The average molecular weight is 483 g/mol. The summed E-state index contributed by atoms with van der Waals surface area (Å²) >= 11 is 6.13. The minimum absolute atomic E-state index is 0.0988. The van der Waals surface area contributed by atoms with Crippen LogP contribution in [0.3, 0.4) is 0 Å². The van der Waals surface area contributed by atoms with E-state index in [1.54, 1.807) is 7.11 Å². The first-order chi connectivity index (χ1) is 16.2. The van der Waals surface area contributed by atoms with Crippen LogP contribution in [0, 0.1) is 10.1 Å². The van der Waals surface area contributed by atoms with Crippen LogP contribution in [0.4, 0.5) is 22.7 Å². The van der Waals surface area contributed by atoms with Crippen molar-refractivity contribution in [1.29, 1.82) is 0 Å². The standard InChI is InChI=1S/C25H29ClN5O3/c1-31(2,3)15-14-29(18-19-8-6-5-7-9-19)20-10-13-24(25(17-20)34-4)28-27-23-12-11-21(30(32)33)16-22(23)26/h5-13,16-17H,14-15,18H2,1-4H3/q+1. The maximum Gasteiger partial charge on any atom is 0.271 e. The number of likely N-dealkylation sites (N-methyl/N-ethyl adjacent to an activating group) is 1. The molecule has 0 aliphatic rings. The topological polar surface area (TPSA) is 80.3 Å². The maximum absolute atomic E-state index is 10.9. The Labute approximate surface area is 204 Å². The van der Waals surface area contributed by atoms with E-state index in [1.807, 2.05) is 36.4 Å². The van der Waals surface area contributed by atoms with Gasteiger partial charge >= 0.3 is 0 Å². The molecule has 0 unspecified atom stereocenters. The molecule has 3 aromatic carbocycles. The molecule has 0 amide bonds. The number of halogens is 1. The summed E-state index contributed by atoms with van der Waals surface area (Å²) in [6, 6.07) is 20.2. The normalized spacial score (nSPS) is 11.6.